The van der Waals surface area contributed by atoms with Crippen LogP contribution in [0.5, 0.6) is 5.75 Å². The third-order valence-corrected chi connectivity index (χ3v) is 4.96. The van der Waals surface area contributed by atoms with E-state index in [-0.39, 0.29) is 17.5 Å². The first-order chi connectivity index (χ1) is 12.2. The molecule has 0 unspecified atom stereocenters. The summed E-state index contributed by atoms with van der Waals surface area (Å²) < 4.78 is 52.9. The smallest absolute Gasteiger partial charge is 0.387 e. The van der Waals surface area contributed by atoms with Crippen molar-refractivity contribution in [2.45, 2.75) is 31.3 Å². The van der Waals surface area contributed by atoms with Gasteiger partial charge in [0.15, 0.2) is 0 Å². The fraction of sp³-hybridized carbons (Fsp3) is 0.375. The van der Waals surface area contributed by atoms with Crippen molar-refractivity contribution in [1.82, 2.24) is 14.9 Å². The topological polar surface area (TPSA) is 92.4 Å². The first kappa shape index (κ1) is 18.5. The first-order valence-electron chi connectivity index (χ1n) is 7.81. The highest BCUT2D eigenvalue weighted by molar-refractivity contribution is 7.90. The summed E-state index contributed by atoms with van der Waals surface area (Å²) in [5.74, 6) is 0.0870. The van der Waals surface area contributed by atoms with Gasteiger partial charge in [0, 0.05) is 37.0 Å². The number of ether oxygens (including phenoxy) is 1. The van der Waals surface area contributed by atoms with E-state index in [9.17, 15) is 22.0 Å². The molecule has 1 aliphatic heterocycles. The van der Waals surface area contributed by atoms with Crippen LogP contribution in [0.15, 0.2) is 34.2 Å². The van der Waals surface area contributed by atoms with Crippen LogP contribution in [0.1, 0.15) is 16.8 Å². The van der Waals surface area contributed by atoms with Gasteiger partial charge in [0.2, 0.25) is 15.0 Å². The third kappa shape index (κ3) is 4.07. The number of hydrogen-bond acceptors (Lipinski definition) is 6. The van der Waals surface area contributed by atoms with E-state index in [0.717, 1.165) is 6.26 Å². The van der Waals surface area contributed by atoms with Crippen LogP contribution < -0.4 is 10.3 Å². The van der Waals surface area contributed by atoms with Crippen molar-refractivity contribution >= 4 is 9.84 Å². The molecular weight excluding hydrogens is 368 g/mol. The first-order valence-corrected chi connectivity index (χ1v) is 9.70. The van der Waals surface area contributed by atoms with Crippen LogP contribution >= 0.6 is 0 Å². The van der Waals surface area contributed by atoms with Crippen LogP contribution in [-0.2, 0) is 29.3 Å². The molecule has 7 nitrogen and oxygen atoms in total. The molecule has 2 aromatic rings. The van der Waals surface area contributed by atoms with Crippen molar-refractivity contribution in [3.05, 3.63) is 51.4 Å². The number of nitrogens with one attached hydrogen (secondary N) is 1. The largest absolute Gasteiger partial charge is 0.434 e. The summed E-state index contributed by atoms with van der Waals surface area (Å²) in [6, 6.07) is 6.47. The average Bonchev–Trinajstić information content (AvgIpc) is 2.55. The summed E-state index contributed by atoms with van der Waals surface area (Å²) in [5, 5.41) is -0.371. The Balaban J connectivity index is 1.85. The number of nitrogens with zero attached hydrogens (tertiary/aromatic N) is 2. The number of benzene rings is 1. The van der Waals surface area contributed by atoms with Crippen LogP contribution in [0.25, 0.3) is 0 Å². The second-order valence-electron chi connectivity index (χ2n) is 6.02. The molecule has 1 aliphatic rings. The van der Waals surface area contributed by atoms with E-state index in [0.29, 0.717) is 36.3 Å². The molecule has 0 saturated heterocycles. The zero-order valence-corrected chi connectivity index (χ0v) is 14.7. The molecule has 0 saturated carbocycles. The number of fused-ring (bicyclic) bond motifs is 1. The Morgan fingerprint density at radius 2 is 2.08 bits per heavy atom. The number of rotatable bonds is 5. The van der Waals surface area contributed by atoms with Crippen molar-refractivity contribution < 1.29 is 21.9 Å². The Kier molecular flexibility index (Phi) is 5.05. The Hall–Kier alpha value is -2.33. The lowest BCUT2D eigenvalue weighted by Gasteiger charge is -2.28. The van der Waals surface area contributed by atoms with Crippen LogP contribution in [0.4, 0.5) is 8.78 Å². The SMILES string of the molecule is CS(=O)(=O)c1nc2c(c(=O)[nH]1)CCN(Cc1ccccc1OC(F)F)C2. The molecule has 140 valence electrons. The zero-order valence-electron chi connectivity index (χ0n) is 13.9. The van der Waals surface area contributed by atoms with Gasteiger partial charge in [-0.3, -0.25) is 14.7 Å². The van der Waals surface area contributed by atoms with Crippen LogP contribution in [-0.4, -0.2) is 42.7 Å². The molecule has 0 aliphatic carbocycles. The van der Waals surface area contributed by atoms with E-state index >= 15 is 0 Å². The molecule has 0 atom stereocenters. The van der Waals surface area contributed by atoms with Crippen molar-refractivity contribution in [2.24, 2.45) is 0 Å². The molecule has 1 aromatic heterocycles. The molecule has 2 heterocycles. The molecule has 3 rings (SSSR count). The Labute approximate surface area is 148 Å². The Morgan fingerprint density at radius 3 is 2.77 bits per heavy atom. The highest BCUT2D eigenvalue weighted by Gasteiger charge is 2.24. The maximum atomic E-state index is 12.5. The number of para-hydroxylation sites is 1. The van der Waals surface area contributed by atoms with Gasteiger partial charge in [-0.2, -0.15) is 8.78 Å². The lowest BCUT2D eigenvalue weighted by Crippen LogP contribution is -2.35. The van der Waals surface area contributed by atoms with Gasteiger partial charge in [0.05, 0.1) is 5.69 Å². The van der Waals surface area contributed by atoms with Gasteiger partial charge in [-0.1, -0.05) is 18.2 Å². The second kappa shape index (κ2) is 7.12. The molecule has 0 amide bonds. The third-order valence-electron chi connectivity index (χ3n) is 4.06. The van der Waals surface area contributed by atoms with E-state index in [1.807, 2.05) is 4.90 Å². The number of hydrogen-bond donors (Lipinski definition) is 1. The van der Waals surface area contributed by atoms with Crippen molar-refractivity contribution in [3.63, 3.8) is 0 Å². The molecule has 0 fully saturated rings. The highest BCUT2D eigenvalue weighted by Crippen LogP contribution is 2.24. The van der Waals surface area contributed by atoms with Gasteiger partial charge >= 0.3 is 6.61 Å². The van der Waals surface area contributed by atoms with Gasteiger partial charge in [0.1, 0.15) is 5.75 Å². The van der Waals surface area contributed by atoms with Crippen molar-refractivity contribution in [2.75, 3.05) is 12.8 Å². The lowest BCUT2D eigenvalue weighted by molar-refractivity contribution is -0.0508. The molecule has 10 heteroatoms. The highest BCUT2D eigenvalue weighted by atomic mass is 32.2. The summed E-state index contributed by atoms with van der Waals surface area (Å²) >= 11 is 0. The number of H-pyrrole nitrogens is 1. The van der Waals surface area contributed by atoms with Gasteiger partial charge in [-0.15, -0.1) is 0 Å². The summed E-state index contributed by atoms with van der Waals surface area (Å²) in [7, 11) is -3.64. The maximum absolute atomic E-state index is 12.5. The van der Waals surface area contributed by atoms with E-state index in [1.165, 1.54) is 6.07 Å². The predicted molar refractivity (Wildman–Crippen MR) is 88.9 cm³/mol. The summed E-state index contributed by atoms with van der Waals surface area (Å²) in [6.45, 7) is -1.86. The summed E-state index contributed by atoms with van der Waals surface area (Å²) in [6.07, 6.45) is 1.36. The summed E-state index contributed by atoms with van der Waals surface area (Å²) in [5.41, 5.74) is 0.944. The van der Waals surface area contributed by atoms with Crippen LogP contribution in [0.3, 0.4) is 0 Å². The predicted octanol–water partition coefficient (Wildman–Crippen LogP) is 1.33. The van der Waals surface area contributed by atoms with Crippen molar-refractivity contribution in [3.8, 4) is 5.75 Å². The van der Waals surface area contributed by atoms with Crippen molar-refractivity contribution in [1.29, 1.82) is 0 Å². The van der Waals surface area contributed by atoms with Gasteiger partial charge in [-0.05, 0) is 12.5 Å². The fourth-order valence-electron chi connectivity index (χ4n) is 2.87. The standard InChI is InChI=1S/C16H17F2N3O4S/c1-26(23,24)16-19-12-9-21(7-6-11(12)14(22)20-16)8-10-4-2-3-5-13(10)25-15(17)18/h2-5,15H,6-9H2,1H3,(H,19,20,22). The number of alkyl halides is 2. The Morgan fingerprint density at radius 1 is 1.35 bits per heavy atom. The quantitative estimate of drug-likeness (QED) is 0.781. The molecule has 26 heavy (non-hydrogen) atoms. The normalized spacial score (nSPS) is 15.1. The van der Waals surface area contributed by atoms with Crippen LogP contribution in [0, 0.1) is 0 Å². The summed E-state index contributed by atoms with van der Waals surface area (Å²) in [4.78, 5) is 20.4. The Bertz CT molecular complexity index is 976. The number of aromatic amines is 1. The minimum Gasteiger partial charge on any atom is -0.434 e. The molecule has 0 radical (unpaired) electrons. The van der Waals surface area contributed by atoms with Crippen LogP contribution in [0.2, 0.25) is 0 Å². The monoisotopic (exact) mass is 385 g/mol. The van der Waals surface area contributed by atoms with E-state index in [2.05, 4.69) is 14.7 Å². The average molecular weight is 385 g/mol. The van der Waals surface area contributed by atoms with Gasteiger partial charge in [-0.25, -0.2) is 13.4 Å². The molecular formula is C16H17F2N3O4S. The number of sulfone groups is 1. The van der Waals surface area contributed by atoms with Gasteiger partial charge in [0.25, 0.3) is 5.56 Å². The van der Waals surface area contributed by atoms with Gasteiger partial charge < -0.3 is 4.74 Å². The molecule has 1 N–H and O–H groups in total. The van der Waals surface area contributed by atoms with E-state index in [4.69, 9.17) is 0 Å². The minimum absolute atomic E-state index is 0.0870. The van der Waals surface area contributed by atoms with E-state index < -0.39 is 22.0 Å². The maximum Gasteiger partial charge on any atom is 0.387 e. The second-order valence-corrected chi connectivity index (χ2v) is 7.95. The fourth-order valence-corrected chi connectivity index (χ4v) is 3.42. The molecule has 0 bridgehead atoms. The van der Waals surface area contributed by atoms with E-state index in [1.54, 1.807) is 18.2 Å². The minimum atomic E-state index is -3.64. The number of halogens is 2. The number of aromatic nitrogens is 2. The lowest BCUT2D eigenvalue weighted by atomic mass is 10.1. The zero-order chi connectivity index (χ0) is 18.9. The molecule has 1 aromatic carbocycles. The molecule has 0 spiro atoms.